The molecule has 0 radical (unpaired) electrons. The van der Waals surface area contributed by atoms with E-state index in [1.807, 2.05) is 42.5 Å². The number of nitrogens with zero attached hydrogens (tertiary/aromatic N) is 1. The van der Waals surface area contributed by atoms with E-state index in [2.05, 4.69) is 64.3 Å². The molecule has 5 heteroatoms. The van der Waals surface area contributed by atoms with Gasteiger partial charge in [0.25, 0.3) is 5.91 Å². The second-order valence-electron chi connectivity index (χ2n) is 6.05. The molecule has 0 fully saturated rings. The largest absolute Gasteiger partial charge is 0.489 e. The lowest BCUT2D eigenvalue weighted by molar-refractivity contribution is 0.0955. The molecule has 3 aromatic carbocycles. The van der Waals surface area contributed by atoms with Crippen LogP contribution in [0.15, 0.2) is 77.9 Å². The lowest BCUT2D eigenvalue weighted by Crippen LogP contribution is -2.17. The molecule has 0 aliphatic rings. The molecule has 1 amide bonds. The van der Waals surface area contributed by atoms with E-state index < -0.39 is 0 Å². The molecule has 0 aliphatic heterocycles. The summed E-state index contributed by atoms with van der Waals surface area (Å²) in [6.07, 6.45) is 1.61. The van der Waals surface area contributed by atoms with Gasteiger partial charge in [0.1, 0.15) is 12.4 Å². The van der Waals surface area contributed by atoms with Crippen LogP contribution in [-0.4, -0.2) is 12.1 Å². The second-order valence-corrected chi connectivity index (χ2v) is 7.30. The maximum Gasteiger partial charge on any atom is 0.271 e. The monoisotopic (exact) mass is 470 g/mol. The van der Waals surface area contributed by atoms with Crippen molar-refractivity contribution in [3.05, 3.63) is 98.6 Å². The number of hydrogen-bond donors (Lipinski definition) is 1. The topological polar surface area (TPSA) is 50.7 Å². The van der Waals surface area contributed by atoms with Crippen molar-refractivity contribution in [1.82, 2.24) is 5.43 Å². The summed E-state index contributed by atoms with van der Waals surface area (Å²) in [4.78, 5) is 12.0. The van der Waals surface area contributed by atoms with Gasteiger partial charge in [0, 0.05) is 9.13 Å². The number of rotatable bonds is 6. The van der Waals surface area contributed by atoms with Crippen molar-refractivity contribution in [3.63, 3.8) is 0 Å². The van der Waals surface area contributed by atoms with Gasteiger partial charge in [-0.25, -0.2) is 5.43 Å². The number of nitrogens with one attached hydrogen (secondary N) is 1. The fourth-order valence-corrected chi connectivity index (χ4v) is 2.90. The van der Waals surface area contributed by atoms with E-state index in [0.29, 0.717) is 12.2 Å². The van der Waals surface area contributed by atoms with Crippen LogP contribution in [-0.2, 0) is 6.61 Å². The van der Waals surface area contributed by atoms with Crippen LogP contribution < -0.4 is 10.2 Å². The fourth-order valence-electron chi connectivity index (χ4n) is 2.36. The zero-order chi connectivity index (χ0) is 19.1. The van der Waals surface area contributed by atoms with Crippen molar-refractivity contribution in [2.75, 3.05) is 0 Å². The molecule has 27 heavy (non-hydrogen) atoms. The summed E-state index contributed by atoms with van der Waals surface area (Å²) in [6, 6.07) is 23.2. The molecule has 0 bridgehead atoms. The Hall–Kier alpha value is -2.67. The number of carbonyl (C=O) groups is 1. The molecule has 136 valence electrons. The number of halogens is 1. The zero-order valence-corrected chi connectivity index (χ0v) is 17.0. The summed E-state index contributed by atoms with van der Waals surface area (Å²) in [6.45, 7) is 2.59. The normalized spacial score (nSPS) is 10.7. The van der Waals surface area contributed by atoms with Gasteiger partial charge in [-0.2, -0.15) is 5.10 Å². The summed E-state index contributed by atoms with van der Waals surface area (Å²) in [5, 5.41) is 4.01. The van der Waals surface area contributed by atoms with Crippen LogP contribution in [0, 0.1) is 10.5 Å². The Morgan fingerprint density at radius 2 is 1.81 bits per heavy atom. The molecule has 3 aromatic rings. The minimum Gasteiger partial charge on any atom is -0.489 e. The molecule has 1 N–H and O–H groups in total. The lowest BCUT2D eigenvalue weighted by Gasteiger charge is -2.07. The lowest BCUT2D eigenvalue weighted by atomic mass is 10.2. The molecular weight excluding hydrogens is 451 g/mol. The van der Waals surface area contributed by atoms with Gasteiger partial charge in [-0.3, -0.25) is 4.79 Å². The van der Waals surface area contributed by atoms with Gasteiger partial charge in [0.2, 0.25) is 0 Å². The van der Waals surface area contributed by atoms with Crippen LogP contribution in [0.1, 0.15) is 27.0 Å². The minimum absolute atomic E-state index is 0.234. The first-order valence-electron chi connectivity index (χ1n) is 8.47. The highest BCUT2D eigenvalue weighted by atomic mass is 127. The third kappa shape index (κ3) is 5.92. The Labute approximate surface area is 172 Å². The highest BCUT2D eigenvalue weighted by Crippen LogP contribution is 2.14. The number of aryl methyl sites for hydroxylation is 1. The Balaban J connectivity index is 1.51. The number of hydrazone groups is 1. The van der Waals surface area contributed by atoms with Gasteiger partial charge in [0.05, 0.1) is 6.21 Å². The summed E-state index contributed by atoms with van der Waals surface area (Å²) in [7, 11) is 0. The maximum atomic E-state index is 12.0. The molecule has 0 saturated carbocycles. The van der Waals surface area contributed by atoms with Gasteiger partial charge in [0.15, 0.2) is 0 Å². The van der Waals surface area contributed by atoms with Gasteiger partial charge < -0.3 is 4.74 Å². The fraction of sp³-hybridized carbons (Fsp3) is 0.0909. The Morgan fingerprint density at radius 1 is 1.07 bits per heavy atom. The number of benzene rings is 3. The predicted octanol–water partition coefficient (Wildman–Crippen LogP) is 4.94. The average Bonchev–Trinajstić information content (AvgIpc) is 2.68. The van der Waals surface area contributed by atoms with E-state index in [4.69, 9.17) is 4.74 Å². The number of ether oxygens (including phenoxy) is 1. The molecular formula is C22H19IN2O2. The second kappa shape index (κ2) is 9.32. The number of hydrogen-bond acceptors (Lipinski definition) is 3. The van der Waals surface area contributed by atoms with Gasteiger partial charge >= 0.3 is 0 Å². The predicted molar refractivity (Wildman–Crippen MR) is 116 cm³/mol. The minimum atomic E-state index is -0.234. The highest BCUT2D eigenvalue weighted by molar-refractivity contribution is 14.1. The zero-order valence-electron chi connectivity index (χ0n) is 14.9. The smallest absolute Gasteiger partial charge is 0.271 e. The Bertz CT molecular complexity index is 935. The van der Waals surface area contributed by atoms with Crippen molar-refractivity contribution in [2.45, 2.75) is 13.5 Å². The van der Waals surface area contributed by atoms with E-state index >= 15 is 0 Å². The highest BCUT2D eigenvalue weighted by Gasteiger charge is 2.03. The first-order chi connectivity index (χ1) is 13.1. The van der Waals surface area contributed by atoms with E-state index in [1.54, 1.807) is 12.3 Å². The van der Waals surface area contributed by atoms with Crippen LogP contribution >= 0.6 is 22.6 Å². The third-order valence-electron chi connectivity index (χ3n) is 3.87. The van der Waals surface area contributed by atoms with Crippen molar-refractivity contribution in [3.8, 4) is 5.75 Å². The number of amides is 1. The van der Waals surface area contributed by atoms with Crippen LogP contribution in [0.2, 0.25) is 0 Å². The molecule has 0 heterocycles. The average molecular weight is 470 g/mol. The van der Waals surface area contributed by atoms with Crippen LogP contribution in [0.5, 0.6) is 5.75 Å². The molecule has 0 aromatic heterocycles. The molecule has 0 aliphatic carbocycles. The van der Waals surface area contributed by atoms with Crippen LogP contribution in [0.4, 0.5) is 0 Å². The summed E-state index contributed by atoms with van der Waals surface area (Å²) in [5.74, 6) is 0.554. The summed E-state index contributed by atoms with van der Waals surface area (Å²) in [5.41, 5.74) is 6.36. The van der Waals surface area contributed by atoms with Crippen molar-refractivity contribution < 1.29 is 9.53 Å². The molecule has 4 nitrogen and oxygen atoms in total. The van der Waals surface area contributed by atoms with Crippen LogP contribution in [0.3, 0.4) is 0 Å². The quantitative estimate of drug-likeness (QED) is 0.315. The number of carbonyl (C=O) groups excluding carboxylic acids is 1. The molecule has 0 saturated heterocycles. The van der Waals surface area contributed by atoms with Crippen LogP contribution in [0.25, 0.3) is 0 Å². The molecule has 0 unspecified atom stereocenters. The first-order valence-corrected chi connectivity index (χ1v) is 9.55. The first kappa shape index (κ1) is 19.1. The maximum absolute atomic E-state index is 12.0. The van der Waals surface area contributed by atoms with Crippen molar-refractivity contribution >= 4 is 34.7 Å². The molecule has 3 rings (SSSR count). The van der Waals surface area contributed by atoms with Gasteiger partial charge in [-0.05, 0) is 83.1 Å². The SMILES string of the molecule is Cc1ccc(COc2ccc(/C=N\NC(=O)c3cccc(I)c3)cc2)cc1. The van der Waals surface area contributed by atoms with Gasteiger partial charge in [-0.15, -0.1) is 0 Å². The van der Waals surface area contributed by atoms with Crippen molar-refractivity contribution in [2.24, 2.45) is 5.10 Å². The van der Waals surface area contributed by atoms with E-state index in [9.17, 15) is 4.79 Å². The standard InChI is InChI=1S/C22H19IN2O2/c1-16-5-7-18(8-6-16)15-27-21-11-9-17(10-12-21)14-24-25-22(26)19-3-2-4-20(23)13-19/h2-14H,15H2,1H3,(H,25,26)/b24-14-. The van der Waals surface area contributed by atoms with E-state index in [-0.39, 0.29) is 5.91 Å². The van der Waals surface area contributed by atoms with Gasteiger partial charge in [-0.1, -0.05) is 35.9 Å². The molecule has 0 atom stereocenters. The van der Waals surface area contributed by atoms with Crippen molar-refractivity contribution in [1.29, 1.82) is 0 Å². The third-order valence-corrected chi connectivity index (χ3v) is 4.54. The van der Waals surface area contributed by atoms with E-state index in [1.165, 1.54) is 5.56 Å². The van der Waals surface area contributed by atoms with E-state index in [0.717, 1.165) is 20.4 Å². The Kier molecular flexibility index (Phi) is 6.59. The Morgan fingerprint density at radius 3 is 2.52 bits per heavy atom. The summed E-state index contributed by atoms with van der Waals surface area (Å²) < 4.78 is 6.79. The summed E-state index contributed by atoms with van der Waals surface area (Å²) >= 11 is 2.17. The molecule has 0 spiro atoms.